The predicted molar refractivity (Wildman–Crippen MR) is 114 cm³/mol. The Morgan fingerprint density at radius 3 is 2.30 bits per heavy atom. The van der Waals surface area contributed by atoms with E-state index in [-0.39, 0.29) is 6.10 Å². The molecule has 2 aromatic rings. The lowest BCUT2D eigenvalue weighted by molar-refractivity contribution is -0.192. The van der Waals surface area contributed by atoms with Gasteiger partial charge in [0.2, 0.25) is 5.91 Å². The van der Waals surface area contributed by atoms with E-state index in [1.807, 2.05) is 24.4 Å². The molecule has 1 saturated heterocycles. The van der Waals surface area contributed by atoms with Crippen LogP contribution in [0.4, 0.5) is 13.2 Å². The number of hydrogen-bond donors (Lipinski definition) is 1. The summed E-state index contributed by atoms with van der Waals surface area (Å²) in [6.07, 6.45) is 2.74. The van der Waals surface area contributed by atoms with Crippen LogP contribution in [-0.4, -0.2) is 52.2 Å². The molecule has 1 N–H and O–H groups in total. The number of alkyl halides is 3. The summed E-state index contributed by atoms with van der Waals surface area (Å²) in [5, 5.41) is 7.12. The van der Waals surface area contributed by atoms with Crippen LogP contribution in [0.5, 0.6) is 0 Å². The van der Waals surface area contributed by atoms with Gasteiger partial charge < -0.3 is 14.7 Å². The van der Waals surface area contributed by atoms with Crippen molar-refractivity contribution in [2.75, 3.05) is 13.1 Å². The normalized spacial score (nSPS) is 20.5. The number of aliphatic carboxylic acids is 1. The van der Waals surface area contributed by atoms with Gasteiger partial charge in [0.15, 0.2) is 0 Å². The molecule has 1 aliphatic heterocycles. The number of carbonyl (C=O) groups is 2. The number of pyridine rings is 1. The molecule has 9 heteroatoms. The fourth-order valence-corrected chi connectivity index (χ4v) is 3.82. The second kappa shape index (κ2) is 11.3. The van der Waals surface area contributed by atoms with Crippen LogP contribution in [-0.2, 0) is 27.4 Å². The van der Waals surface area contributed by atoms with E-state index in [0.717, 1.165) is 44.3 Å². The van der Waals surface area contributed by atoms with E-state index in [9.17, 15) is 18.0 Å². The van der Waals surface area contributed by atoms with Crippen LogP contribution in [0.1, 0.15) is 30.4 Å². The minimum absolute atomic E-state index is 0.179. The first-order valence-electron chi connectivity index (χ1n) is 10.9. The van der Waals surface area contributed by atoms with Crippen molar-refractivity contribution in [1.29, 1.82) is 0 Å². The third kappa shape index (κ3) is 7.85. The van der Waals surface area contributed by atoms with Crippen molar-refractivity contribution < 1.29 is 32.6 Å². The number of amides is 1. The van der Waals surface area contributed by atoms with Crippen molar-refractivity contribution in [2.24, 2.45) is 11.8 Å². The van der Waals surface area contributed by atoms with E-state index < -0.39 is 12.1 Å². The molecule has 2 atom stereocenters. The maximum absolute atomic E-state index is 12.5. The van der Waals surface area contributed by atoms with Gasteiger partial charge in [0.25, 0.3) is 0 Å². The summed E-state index contributed by atoms with van der Waals surface area (Å²) in [7, 11) is 0. The van der Waals surface area contributed by atoms with Crippen molar-refractivity contribution in [2.45, 2.75) is 44.6 Å². The molecule has 0 unspecified atom stereocenters. The van der Waals surface area contributed by atoms with Gasteiger partial charge in [-0.1, -0.05) is 36.4 Å². The Hall–Kier alpha value is -2.94. The SMILES string of the molecule is O=C(C1CC1)N1CC[C@H](OCc2cccnc2)[C@@H](Cc2ccccc2)C1.O=C(O)C(F)(F)F. The summed E-state index contributed by atoms with van der Waals surface area (Å²) in [5.74, 6) is -1.77. The third-order valence-electron chi connectivity index (χ3n) is 5.67. The summed E-state index contributed by atoms with van der Waals surface area (Å²) in [4.78, 5) is 27.7. The number of piperidine rings is 1. The molecule has 1 saturated carbocycles. The zero-order valence-corrected chi connectivity index (χ0v) is 18.1. The lowest BCUT2D eigenvalue weighted by atomic mass is 9.88. The molecule has 0 spiro atoms. The van der Waals surface area contributed by atoms with Gasteiger partial charge in [-0.2, -0.15) is 13.2 Å². The Balaban J connectivity index is 0.000000383. The van der Waals surface area contributed by atoms with Crippen LogP contribution >= 0.6 is 0 Å². The fraction of sp³-hybridized carbons (Fsp3) is 0.458. The molecule has 0 bridgehead atoms. The number of carboxylic acids is 1. The van der Waals surface area contributed by atoms with Gasteiger partial charge in [0.1, 0.15) is 0 Å². The number of benzene rings is 1. The summed E-state index contributed by atoms with van der Waals surface area (Å²) in [5.41, 5.74) is 2.41. The topological polar surface area (TPSA) is 79.7 Å². The Labute approximate surface area is 190 Å². The van der Waals surface area contributed by atoms with E-state index in [2.05, 4.69) is 34.1 Å². The number of halogens is 3. The molecule has 2 aliphatic rings. The zero-order chi connectivity index (χ0) is 23.8. The number of likely N-dealkylation sites (tertiary alicyclic amines) is 1. The molecular formula is C24H27F3N2O4. The number of aromatic nitrogens is 1. The molecule has 4 rings (SSSR count). The number of rotatable bonds is 6. The minimum atomic E-state index is -5.08. The molecule has 33 heavy (non-hydrogen) atoms. The first-order valence-corrected chi connectivity index (χ1v) is 10.9. The highest BCUT2D eigenvalue weighted by molar-refractivity contribution is 5.81. The average Bonchev–Trinajstić information content (AvgIpc) is 3.64. The minimum Gasteiger partial charge on any atom is -0.475 e. The smallest absolute Gasteiger partial charge is 0.475 e. The Bertz CT molecular complexity index is 905. The van der Waals surface area contributed by atoms with Crippen LogP contribution in [0.3, 0.4) is 0 Å². The lowest BCUT2D eigenvalue weighted by Gasteiger charge is -2.39. The highest BCUT2D eigenvalue weighted by Crippen LogP contribution is 2.33. The van der Waals surface area contributed by atoms with Crippen molar-refractivity contribution in [3.63, 3.8) is 0 Å². The molecule has 6 nitrogen and oxygen atoms in total. The molecule has 178 valence electrons. The standard InChI is InChI=1S/C22H26N2O2.C2HF3O2/c25-22(19-8-9-19)24-12-10-21(26-16-18-7-4-11-23-14-18)20(15-24)13-17-5-2-1-3-6-17;3-2(4,5)1(6)7/h1-7,11,14,19-21H,8-10,12-13,15-16H2;(H,6,7)/t20-,21-;/m0./s1. The predicted octanol–water partition coefficient (Wildman–Crippen LogP) is 4.10. The van der Waals surface area contributed by atoms with Crippen LogP contribution in [0.2, 0.25) is 0 Å². The number of nitrogens with zero attached hydrogens (tertiary/aromatic N) is 2. The summed E-state index contributed by atoms with van der Waals surface area (Å²) < 4.78 is 38.0. The number of hydrogen-bond acceptors (Lipinski definition) is 4. The molecule has 1 aromatic heterocycles. The van der Waals surface area contributed by atoms with Crippen molar-refractivity contribution in [3.05, 3.63) is 66.0 Å². The van der Waals surface area contributed by atoms with Crippen LogP contribution in [0.15, 0.2) is 54.9 Å². The molecule has 0 radical (unpaired) electrons. The second-order valence-corrected chi connectivity index (χ2v) is 8.31. The van der Waals surface area contributed by atoms with Gasteiger partial charge in [-0.05, 0) is 42.9 Å². The maximum atomic E-state index is 12.5. The monoisotopic (exact) mass is 464 g/mol. The number of carbonyl (C=O) groups excluding carboxylic acids is 1. The Morgan fingerprint density at radius 1 is 1.06 bits per heavy atom. The molecule has 1 amide bonds. The number of ether oxygens (including phenoxy) is 1. The molecular weight excluding hydrogens is 437 g/mol. The first kappa shape index (κ1) is 24.7. The van der Waals surface area contributed by atoms with Crippen LogP contribution in [0.25, 0.3) is 0 Å². The second-order valence-electron chi connectivity index (χ2n) is 8.31. The average molecular weight is 464 g/mol. The van der Waals surface area contributed by atoms with Crippen molar-refractivity contribution in [1.82, 2.24) is 9.88 Å². The van der Waals surface area contributed by atoms with E-state index in [4.69, 9.17) is 14.6 Å². The fourth-order valence-electron chi connectivity index (χ4n) is 3.82. The van der Waals surface area contributed by atoms with Crippen molar-refractivity contribution >= 4 is 11.9 Å². The summed E-state index contributed by atoms with van der Waals surface area (Å²) in [6, 6.07) is 14.5. The lowest BCUT2D eigenvalue weighted by Crippen LogP contribution is -2.48. The van der Waals surface area contributed by atoms with Gasteiger partial charge in [-0.15, -0.1) is 0 Å². The quantitative estimate of drug-likeness (QED) is 0.696. The maximum Gasteiger partial charge on any atom is 0.490 e. The van der Waals surface area contributed by atoms with Gasteiger partial charge in [0, 0.05) is 37.3 Å². The highest BCUT2D eigenvalue weighted by Gasteiger charge is 2.39. The van der Waals surface area contributed by atoms with Crippen LogP contribution in [0, 0.1) is 11.8 Å². The third-order valence-corrected chi connectivity index (χ3v) is 5.67. The summed E-state index contributed by atoms with van der Waals surface area (Å²) in [6.45, 7) is 2.21. The van der Waals surface area contributed by atoms with Gasteiger partial charge >= 0.3 is 12.1 Å². The molecule has 2 heterocycles. The molecule has 2 fully saturated rings. The molecule has 1 aliphatic carbocycles. The van der Waals surface area contributed by atoms with Gasteiger partial charge in [-0.3, -0.25) is 9.78 Å². The summed E-state index contributed by atoms with van der Waals surface area (Å²) >= 11 is 0. The highest BCUT2D eigenvalue weighted by atomic mass is 19.4. The van der Waals surface area contributed by atoms with Crippen molar-refractivity contribution in [3.8, 4) is 0 Å². The van der Waals surface area contributed by atoms with E-state index >= 15 is 0 Å². The Morgan fingerprint density at radius 2 is 1.73 bits per heavy atom. The number of carboxylic acid groups (broad SMARTS) is 1. The van der Waals surface area contributed by atoms with E-state index in [0.29, 0.717) is 24.3 Å². The zero-order valence-electron chi connectivity index (χ0n) is 18.1. The van der Waals surface area contributed by atoms with Gasteiger partial charge in [-0.25, -0.2) is 4.79 Å². The molecule has 1 aromatic carbocycles. The Kier molecular flexibility index (Phi) is 8.43. The first-order chi connectivity index (χ1) is 15.7. The van der Waals surface area contributed by atoms with Crippen LogP contribution < -0.4 is 0 Å². The van der Waals surface area contributed by atoms with E-state index in [1.165, 1.54) is 5.56 Å². The van der Waals surface area contributed by atoms with E-state index in [1.54, 1.807) is 6.20 Å². The van der Waals surface area contributed by atoms with Gasteiger partial charge in [0.05, 0.1) is 12.7 Å². The largest absolute Gasteiger partial charge is 0.490 e.